The second-order valence-electron chi connectivity index (χ2n) is 10.4. The number of hydrogen-bond acceptors (Lipinski definition) is 6. The molecule has 2 aromatic carbocycles. The summed E-state index contributed by atoms with van der Waals surface area (Å²) in [6.45, 7) is 6.97. The van der Waals surface area contributed by atoms with Gasteiger partial charge in [0.25, 0.3) is 0 Å². The van der Waals surface area contributed by atoms with Crippen LogP contribution < -0.4 is 5.73 Å². The van der Waals surface area contributed by atoms with Crippen molar-refractivity contribution in [2.45, 2.75) is 32.7 Å². The normalized spacial score (nSPS) is 14.4. The van der Waals surface area contributed by atoms with E-state index in [1.54, 1.807) is 13.1 Å². The molecule has 3 aromatic heterocycles. The largest absolute Gasteiger partial charge is 0.396 e. The fraction of sp³-hybridized carbons (Fsp3) is 0.333. The number of nitrogens with two attached hydrogens (primary N) is 1. The van der Waals surface area contributed by atoms with Gasteiger partial charge in [-0.2, -0.15) is 5.10 Å². The fourth-order valence-corrected chi connectivity index (χ4v) is 5.55. The molecule has 1 aliphatic heterocycles. The number of aromatic nitrogens is 5. The highest BCUT2D eigenvalue weighted by Crippen LogP contribution is 2.33. The summed E-state index contributed by atoms with van der Waals surface area (Å²) in [5, 5.41) is 14.5. The minimum absolute atomic E-state index is 0.172. The predicted octanol–water partition coefficient (Wildman–Crippen LogP) is 3.86. The lowest BCUT2D eigenvalue weighted by atomic mass is 10.0. The zero-order valence-electron chi connectivity index (χ0n) is 22.3. The zero-order chi connectivity index (χ0) is 26.8. The minimum Gasteiger partial charge on any atom is -0.396 e. The Labute approximate surface area is 227 Å². The van der Waals surface area contributed by atoms with Crippen molar-refractivity contribution < 1.29 is 4.79 Å². The van der Waals surface area contributed by atoms with E-state index in [9.17, 15) is 4.79 Å². The van der Waals surface area contributed by atoms with Crippen LogP contribution in [0.2, 0.25) is 0 Å². The number of anilines is 1. The molecule has 1 fully saturated rings. The van der Waals surface area contributed by atoms with Crippen molar-refractivity contribution in [3.8, 4) is 11.1 Å². The Morgan fingerprint density at radius 3 is 2.62 bits per heavy atom. The summed E-state index contributed by atoms with van der Waals surface area (Å²) in [6.07, 6.45) is 6.73. The van der Waals surface area contributed by atoms with Crippen molar-refractivity contribution in [1.82, 2.24) is 34.4 Å². The molecule has 1 aliphatic rings. The van der Waals surface area contributed by atoms with E-state index in [-0.39, 0.29) is 5.91 Å². The average Bonchev–Trinajstić information content (AvgIpc) is 3.53. The lowest BCUT2D eigenvalue weighted by molar-refractivity contribution is -0.130. The third-order valence-corrected chi connectivity index (χ3v) is 7.69. The molecular weight excluding hydrogens is 488 g/mol. The minimum atomic E-state index is 0.172. The average molecular weight is 523 g/mol. The van der Waals surface area contributed by atoms with Gasteiger partial charge in [0, 0.05) is 55.9 Å². The Bertz CT molecular complexity index is 1600. The molecule has 5 aromatic rings. The van der Waals surface area contributed by atoms with Crippen LogP contribution in [-0.2, 0) is 17.8 Å². The van der Waals surface area contributed by atoms with Crippen LogP contribution >= 0.6 is 0 Å². The van der Waals surface area contributed by atoms with Gasteiger partial charge < -0.3 is 10.6 Å². The van der Waals surface area contributed by atoms with Gasteiger partial charge >= 0.3 is 0 Å². The van der Waals surface area contributed by atoms with Crippen LogP contribution in [0.25, 0.3) is 27.5 Å². The number of nitrogens with zero attached hydrogens (tertiary/aromatic N) is 7. The molecule has 2 N–H and O–H groups in total. The van der Waals surface area contributed by atoms with Crippen LogP contribution in [0.1, 0.15) is 31.0 Å². The molecule has 0 spiro atoms. The van der Waals surface area contributed by atoms with E-state index in [2.05, 4.69) is 69.9 Å². The van der Waals surface area contributed by atoms with E-state index in [1.165, 1.54) is 5.56 Å². The van der Waals surface area contributed by atoms with Crippen molar-refractivity contribution >= 4 is 28.0 Å². The smallest absolute Gasteiger partial charge is 0.219 e. The summed E-state index contributed by atoms with van der Waals surface area (Å²) in [4.78, 5) is 16.0. The summed E-state index contributed by atoms with van der Waals surface area (Å²) < 4.78 is 3.89. The Morgan fingerprint density at radius 1 is 1.00 bits per heavy atom. The second-order valence-corrected chi connectivity index (χ2v) is 10.4. The molecule has 6 rings (SSSR count). The first-order valence-electron chi connectivity index (χ1n) is 13.7. The molecule has 0 saturated carbocycles. The first kappa shape index (κ1) is 25.1. The highest BCUT2D eigenvalue weighted by molar-refractivity contribution is 5.93. The van der Waals surface area contributed by atoms with Crippen LogP contribution in [0, 0.1) is 0 Å². The molecule has 39 heavy (non-hydrogen) atoms. The first-order chi connectivity index (χ1) is 19.0. The van der Waals surface area contributed by atoms with E-state index < -0.39 is 0 Å². The van der Waals surface area contributed by atoms with Crippen molar-refractivity contribution in [3.63, 3.8) is 0 Å². The Balaban J connectivity index is 1.18. The quantitative estimate of drug-likeness (QED) is 0.311. The van der Waals surface area contributed by atoms with Crippen LogP contribution in [-0.4, -0.2) is 73.0 Å². The van der Waals surface area contributed by atoms with Crippen molar-refractivity contribution in [1.29, 1.82) is 0 Å². The van der Waals surface area contributed by atoms with Gasteiger partial charge in [-0.1, -0.05) is 47.7 Å². The van der Waals surface area contributed by atoms with Crippen molar-refractivity contribution in [3.05, 3.63) is 78.2 Å². The summed E-state index contributed by atoms with van der Waals surface area (Å²) in [5.74, 6) is 0.172. The van der Waals surface area contributed by atoms with Crippen LogP contribution in [0.5, 0.6) is 0 Å². The van der Waals surface area contributed by atoms with Gasteiger partial charge in [0.2, 0.25) is 5.91 Å². The van der Waals surface area contributed by atoms with Gasteiger partial charge in [-0.25, -0.2) is 4.52 Å². The highest BCUT2D eigenvalue weighted by Gasteiger charge is 2.19. The molecule has 0 unspecified atom stereocenters. The molecule has 0 bridgehead atoms. The number of unbranched alkanes of at least 4 members (excludes halogenated alkanes) is 1. The van der Waals surface area contributed by atoms with E-state index in [4.69, 9.17) is 10.8 Å². The van der Waals surface area contributed by atoms with E-state index in [0.717, 1.165) is 91.8 Å². The molecule has 9 nitrogen and oxygen atoms in total. The highest BCUT2D eigenvalue weighted by atomic mass is 16.2. The monoisotopic (exact) mass is 522 g/mol. The molecule has 0 atom stereocenters. The lowest BCUT2D eigenvalue weighted by Crippen LogP contribution is -2.48. The molecule has 0 radical (unpaired) electrons. The molecule has 9 heteroatoms. The summed E-state index contributed by atoms with van der Waals surface area (Å²) in [7, 11) is 0. The van der Waals surface area contributed by atoms with Crippen molar-refractivity contribution in [2.75, 3.05) is 38.5 Å². The Morgan fingerprint density at radius 2 is 1.82 bits per heavy atom. The standard InChI is InChI=1S/C30H34N8O/c1-22(39)36-15-13-35(14-16-36)12-6-5-9-26-18-27(30-28(31)19-32-34-38(26)30)24-10-11-25-21-37(33-29(25)17-24)20-23-7-3-2-4-8-23/h2-4,7-8,10-11,17-19,21H,5-6,9,12-16,20,31H2,1H3. The van der Waals surface area contributed by atoms with Crippen LogP contribution in [0.3, 0.4) is 0 Å². The summed E-state index contributed by atoms with van der Waals surface area (Å²) >= 11 is 0. The zero-order valence-corrected chi connectivity index (χ0v) is 22.3. The topological polar surface area (TPSA) is 97.6 Å². The van der Waals surface area contributed by atoms with E-state index in [1.807, 2.05) is 20.2 Å². The molecular formula is C30H34N8O. The Kier molecular flexibility index (Phi) is 6.98. The van der Waals surface area contributed by atoms with Gasteiger partial charge in [-0.15, -0.1) is 5.10 Å². The number of piperazine rings is 1. The van der Waals surface area contributed by atoms with Gasteiger partial charge in [0.05, 0.1) is 29.5 Å². The molecule has 0 aliphatic carbocycles. The lowest BCUT2D eigenvalue weighted by Gasteiger charge is -2.34. The molecule has 200 valence electrons. The van der Waals surface area contributed by atoms with Crippen LogP contribution in [0.4, 0.5) is 5.69 Å². The first-order valence-corrected chi connectivity index (χ1v) is 13.7. The van der Waals surface area contributed by atoms with Gasteiger partial charge in [-0.05, 0) is 49.1 Å². The summed E-state index contributed by atoms with van der Waals surface area (Å²) in [5.41, 5.74) is 13.3. The van der Waals surface area contributed by atoms with Crippen molar-refractivity contribution in [2.24, 2.45) is 0 Å². The van der Waals surface area contributed by atoms with Gasteiger partial charge in [0.1, 0.15) is 0 Å². The number of carbonyl (C=O) groups excluding carboxylic acids is 1. The van der Waals surface area contributed by atoms with E-state index >= 15 is 0 Å². The molecule has 1 saturated heterocycles. The fourth-order valence-electron chi connectivity index (χ4n) is 5.55. The summed E-state index contributed by atoms with van der Waals surface area (Å²) in [6, 6.07) is 19.0. The maximum absolute atomic E-state index is 11.6. The number of hydrogen-bond donors (Lipinski definition) is 1. The molecule has 4 heterocycles. The number of aryl methyl sites for hydroxylation is 1. The Hall–Kier alpha value is -4.24. The maximum atomic E-state index is 11.6. The third-order valence-electron chi connectivity index (χ3n) is 7.69. The predicted molar refractivity (Wildman–Crippen MR) is 153 cm³/mol. The maximum Gasteiger partial charge on any atom is 0.219 e. The van der Waals surface area contributed by atoms with E-state index in [0.29, 0.717) is 5.69 Å². The second kappa shape index (κ2) is 10.9. The number of carbonyl (C=O) groups is 1. The van der Waals surface area contributed by atoms with Gasteiger partial charge in [0.15, 0.2) is 0 Å². The number of rotatable bonds is 8. The third kappa shape index (κ3) is 5.35. The van der Waals surface area contributed by atoms with Crippen LogP contribution in [0.15, 0.2) is 67.0 Å². The number of nitrogen functional groups attached to an aromatic ring is 1. The number of amides is 1. The number of fused-ring (bicyclic) bond motifs is 2. The SMILES string of the molecule is CC(=O)N1CCN(CCCCc2cc(-c3ccc4cn(Cc5ccccc5)nc4c3)c3c(N)cnnn23)CC1. The number of benzene rings is 2. The van der Waals surface area contributed by atoms with Gasteiger partial charge in [-0.3, -0.25) is 14.4 Å². The molecule has 1 amide bonds.